The summed E-state index contributed by atoms with van der Waals surface area (Å²) in [7, 11) is 0. The summed E-state index contributed by atoms with van der Waals surface area (Å²) in [4.78, 5) is 12.4. The van der Waals surface area contributed by atoms with Gasteiger partial charge in [0.25, 0.3) is 5.91 Å². The molecule has 0 aliphatic heterocycles. The van der Waals surface area contributed by atoms with Crippen LogP contribution in [0.2, 0.25) is 0 Å². The van der Waals surface area contributed by atoms with Crippen LogP contribution in [0.15, 0.2) is 78.9 Å². The number of hydrogen-bond donors (Lipinski definition) is 1. The van der Waals surface area contributed by atoms with Crippen molar-refractivity contribution in [3.63, 3.8) is 0 Å². The molecule has 0 fully saturated rings. The summed E-state index contributed by atoms with van der Waals surface area (Å²) < 4.78 is 5.80. The first-order valence-electron chi connectivity index (χ1n) is 8.78. The van der Waals surface area contributed by atoms with Gasteiger partial charge in [0.05, 0.1) is 6.04 Å². The van der Waals surface area contributed by atoms with Crippen molar-refractivity contribution >= 4 is 5.91 Å². The van der Waals surface area contributed by atoms with Gasteiger partial charge in [0.2, 0.25) is 0 Å². The predicted octanol–water partition coefficient (Wildman–Crippen LogP) is 4.86. The number of rotatable bonds is 6. The van der Waals surface area contributed by atoms with Crippen LogP contribution in [0, 0.1) is 6.92 Å². The van der Waals surface area contributed by atoms with E-state index in [0.717, 1.165) is 22.4 Å². The van der Waals surface area contributed by atoms with Crippen LogP contribution in [-0.2, 0) is 0 Å². The summed E-state index contributed by atoms with van der Waals surface area (Å²) in [5.74, 6) is 0.756. The molecule has 0 aliphatic carbocycles. The quantitative estimate of drug-likeness (QED) is 0.693. The minimum Gasteiger partial charge on any atom is -0.491 e. The van der Waals surface area contributed by atoms with Crippen LogP contribution < -0.4 is 10.1 Å². The SMILES string of the molecule is Cc1ccccc1OC[C@@H](C)NC(=O)c1ccc(-c2ccccc2)cc1. The van der Waals surface area contributed by atoms with Crippen molar-refractivity contribution in [2.45, 2.75) is 19.9 Å². The van der Waals surface area contributed by atoms with Gasteiger partial charge in [0.15, 0.2) is 0 Å². The number of ether oxygens (including phenoxy) is 1. The third kappa shape index (κ3) is 4.51. The van der Waals surface area contributed by atoms with Crippen molar-refractivity contribution < 1.29 is 9.53 Å². The Labute approximate surface area is 154 Å². The average molecular weight is 345 g/mol. The van der Waals surface area contributed by atoms with Crippen molar-refractivity contribution in [1.82, 2.24) is 5.32 Å². The average Bonchev–Trinajstić information content (AvgIpc) is 2.68. The highest BCUT2D eigenvalue weighted by Gasteiger charge is 2.11. The Morgan fingerprint density at radius 3 is 2.19 bits per heavy atom. The van der Waals surface area contributed by atoms with Crippen molar-refractivity contribution in [2.75, 3.05) is 6.61 Å². The lowest BCUT2D eigenvalue weighted by atomic mass is 10.0. The highest BCUT2D eigenvalue weighted by atomic mass is 16.5. The molecule has 26 heavy (non-hydrogen) atoms. The third-order valence-corrected chi connectivity index (χ3v) is 4.21. The molecule has 3 nitrogen and oxygen atoms in total. The third-order valence-electron chi connectivity index (χ3n) is 4.21. The fourth-order valence-corrected chi connectivity index (χ4v) is 2.73. The number of para-hydroxylation sites is 1. The standard InChI is InChI=1S/C23H23NO2/c1-17-8-6-7-11-22(17)26-16-18(2)24-23(25)21-14-12-20(13-15-21)19-9-4-3-5-10-19/h3-15,18H,16H2,1-2H3,(H,24,25)/t18-/m1/s1. The maximum Gasteiger partial charge on any atom is 0.251 e. The van der Waals surface area contributed by atoms with Crippen LogP contribution in [0.25, 0.3) is 11.1 Å². The van der Waals surface area contributed by atoms with Gasteiger partial charge < -0.3 is 10.1 Å². The van der Waals surface area contributed by atoms with Gasteiger partial charge in [-0.3, -0.25) is 4.79 Å². The van der Waals surface area contributed by atoms with Crippen LogP contribution in [0.5, 0.6) is 5.75 Å². The topological polar surface area (TPSA) is 38.3 Å². The van der Waals surface area contributed by atoms with E-state index >= 15 is 0 Å². The van der Waals surface area contributed by atoms with Gasteiger partial charge in [-0.05, 0) is 48.7 Å². The summed E-state index contributed by atoms with van der Waals surface area (Å²) in [6.45, 7) is 4.38. The first-order valence-corrected chi connectivity index (χ1v) is 8.78. The molecule has 0 aromatic heterocycles. The van der Waals surface area contributed by atoms with Crippen LogP contribution in [0.4, 0.5) is 0 Å². The van der Waals surface area contributed by atoms with E-state index in [-0.39, 0.29) is 11.9 Å². The molecule has 3 rings (SSSR count). The van der Waals surface area contributed by atoms with Crippen molar-refractivity contribution in [3.8, 4) is 16.9 Å². The number of benzene rings is 3. The molecule has 0 unspecified atom stereocenters. The summed E-state index contributed by atoms with van der Waals surface area (Å²) in [5.41, 5.74) is 3.97. The molecule has 3 aromatic rings. The van der Waals surface area contributed by atoms with Crippen molar-refractivity contribution in [1.29, 1.82) is 0 Å². The molecule has 1 atom stereocenters. The van der Waals surface area contributed by atoms with Gasteiger partial charge in [-0.15, -0.1) is 0 Å². The molecule has 0 radical (unpaired) electrons. The fourth-order valence-electron chi connectivity index (χ4n) is 2.73. The Morgan fingerprint density at radius 1 is 0.885 bits per heavy atom. The molecule has 1 N–H and O–H groups in total. The second-order valence-corrected chi connectivity index (χ2v) is 6.39. The Kier molecular flexibility index (Phi) is 5.69. The highest BCUT2D eigenvalue weighted by molar-refractivity contribution is 5.94. The first kappa shape index (κ1) is 17.7. The lowest BCUT2D eigenvalue weighted by Crippen LogP contribution is -2.36. The van der Waals surface area contributed by atoms with Crippen LogP contribution >= 0.6 is 0 Å². The molecular formula is C23H23NO2. The summed E-state index contributed by atoms with van der Waals surface area (Å²) in [5, 5.41) is 2.98. The van der Waals surface area contributed by atoms with E-state index in [1.54, 1.807) is 0 Å². The van der Waals surface area contributed by atoms with Crippen molar-refractivity contribution in [2.24, 2.45) is 0 Å². The predicted molar refractivity (Wildman–Crippen MR) is 105 cm³/mol. The molecule has 1 amide bonds. The summed E-state index contributed by atoms with van der Waals surface area (Å²) in [6, 6.07) is 25.5. The minimum absolute atomic E-state index is 0.0871. The van der Waals surface area contributed by atoms with E-state index in [4.69, 9.17) is 4.74 Å². The normalized spacial score (nSPS) is 11.6. The maximum absolute atomic E-state index is 12.4. The van der Waals surface area contributed by atoms with Crippen molar-refractivity contribution in [3.05, 3.63) is 90.0 Å². The number of nitrogens with one attached hydrogen (secondary N) is 1. The summed E-state index contributed by atoms with van der Waals surface area (Å²) >= 11 is 0. The molecule has 3 heteroatoms. The first-order chi connectivity index (χ1) is 12.6. The number of carbonyl (C=O) groups is 1. The monoisotopic (exact) mass is 345 g/mol. The van der Waals surface area contributed by atoms with E-state index in [1.807, 2.05) is 80.6 Å². The molecule has 3 aromatic carbocycles. The fraction of sp³-hybridized carbons (Fsp3) is 0.174. The Bertz CT molecular complexity index is 857. The lowest BCUT2D eigenvalue weighted by Gasteiger charge is -2.16. The second kappa shape index (κ2) is 8.34. The molecule has 0 saturated carbocycles. The zero-order chi connectivity index (χ0) is 18.4. The zero-order valence-electron chi connectivity index (χ0n) is 15.1. The van der Waals surface area contributed by atoms with Gasteiger partial charge in [0.1, 0.15) is 12.4 Å². The smallest absolute Gasteiger partial charge is 0.251 e. The molecule has 0 saturated heterocycles. The van der Waals surface area contributed by atoms with Gasteiger partial charge >= 0.3 is 0 Å². The molecule has 0 aliphatic rings. The number of aryl methyl sites for hydroxylation is 1. The molecule has 132 valence electrons. The van der Waals surface area contributed by atoms with Gasteiger partial charge in [-0.2, -0.15) is 0 Å². The number of hydrogen-bond acceptors (Lipinski definition) is 2. The molecule has 0 bridgehead atoms. The van der Waals surface area contributed by atoms with Crippen LogP contribution in [-0.4, -0.2) is 18.6 Å². The van der Waals surface area contributed by atoms with E-state index in [1.165, 1.54) is 0 Å². The summed E-state index contributed by atoms with van der Waals surface area (Å²) in [6.07, 6.45) is 0. The van der Waals surface area contributed by atoms with E-state index in [9.17, 15) is 4.79 Å². The van der Waals surface area contributed by atoms with Crippen LogP contribution in [0.1, 0.15) is 22.8 Å². The van der Waals surface area contributed by atoms with Gasteiger partial charge in [-0.25, -0.2) is 0 Å². The Hall–Kier alpha value is -3.07. The largest absolute Gasteiger partial charge is 0.491 e. The minimum atomic E-state index is -0.0921. The number of carbonyl (C=O) groups excluding carboxylic acids is 1. The highest BCUT2D eigenvalue weighted by Crippen LogP contribution is 2.19. The second-order valence-electron chi connectivity index (χ2n) is 6.39. The van der Waals surface area contributed by atoms with E-state index < -0.39 is 0 Å². The maximum atomic E-state index is 12.4. The number of amides is 1. The van der Waals surface area contributed by atoms with Gasteiger partial charge in [0, 0.05) is 5.56 Å². The van der Waals surface area contributed by atoms with E-state index in [2.05, 4.69) is 17.4 Å². The Balaban J connectivity index is 1.56. The molecular weight excluding hydrogens is 322 g/mol. The van der Waals surface area contributed by atoms with E-state index in [0.29, 0.717) is 12.2 Å². The molecule has 0 heterocycles. The lowest BCUT2D eigenvalue weighted by molar-refractivity contribution is 0.0926. The Morgan fingerprint density at radius 2 is 1.50 bits per heavy atom. The van der Waals surface area contributed by atoms with Crippen LogP contribution in [0.3, 0.4) is 0 Å². The van der Waals surface area contributed by atoms with Gasteiger partial charge in [-0.1, -0.05) is 60.7 Å². The molecule has 0 spiro atoms. The zero-order valence-corrected chi connectivity index (χ0v) is 15.1.